The van der Waals surface area contributed by atoms with Crippen molar-refractivity contribution in [3.8, 4) is 0 Å². The normalized spacial score (nSPS) is 18.6. The highest BCUT2D eigenvalue weighted by Crippen LogP contribution is 2.10. The summed E-state index contributed by atoms with van der Waals surface area (Å²) in [6, 6.07) is 0. The summed E-state index contributed by atoms with van der Waals surface area (Å²) in [7, 11) is 0. The van der Waals surface area contributed by atoms with E-state index in [-0.39, 0.29) is 5.24 Å². The quantitative estimate of drug-likeness (QED) is 0.419. The molecule has 1 aliphatic heterocycles. The minimum Gasteiger partial charge on any atom is -0.330 e. The Morgan fingerprint density at radius 3 is 2.90 bits per heavy atom. The summed E-state index contributed by atoms with van der Waals surface area (Å²) in [6.45, 7) is 3.64. The van der Waals surface area contributed by atoms with E-state index in [0.29, 0.717) is 0 Å². The molecule has 56 valence electrons. The van der Waals surface area contributed by atoms with Crippen LogP contribution in [-0.2, 0) is 0 Å². The van der Waals surface area contributed by atoms with Crippen molar-refractivity contribution < 1.29 is 4.79 Å². The lowest BCUT2D eigenvalue weighted by Crippen LogP contribution is -2.30. The summed E-state index contributed by atoms with van der Waals surface area (Å²) in [4.78, 5) is 12.4. The first kappa shape index (κ1) is 7.66. The van der Waals surface area contributed by atoms with Crippen LogP contribution in [0.5, 0.6) is 0 Å². The van der Waals surface area contributed by atoms with Crippen molar-refractivity contribution in [1.82, 2.24) is 4.90 Å². The first-order valence-electron chi connectivity index (χ1n) is 3.33. The smallest absolute Gasteiger partial charge is 0.278 e. The molecule has 0 radical (unpaired) electrons. The molecule has 0 saturated carbocycles. The number of nitrogens with zero attached hydrogens (tertiary/aromatic N) is 1. The fourth-order valence-electron chi connectivity index (χ4n) is 0.944. The average molecular weight is 157 g/mol. The van der Waals surface area contributed by atoms with Crippen LogP contribution in [0.15, 0.2) is 11.6 Å². The number of hydrogen-bond donors (Lipinski definition) is 1. The largest absolute Gasteiger partial charge is 0.330 e. The molecule has 1 amide bonds. The molecule has 1 aliphatic rings. The van der Waals surface area contributed by atoms with Crippen LogP contribution < -0.4 is 0 Å². The number of hydrogen-bond acceptors (Lipinski definition) is 1. The van der Waals surface area contributed by atoms with Crippen molar-refractivity contribution in [2.45, 2.75) is 13.3 Å². The van der Waals surface area contributed by atoms with E-state index < -0.39 is 0 Å². The third-order valence-corrected chi connectivity index (χ3v) is 1.99. The lowest BCUT2D eigenvalue weighted by Gasteiger charge is -2.22. The zero-order chi connectivity index (χ0) is 7.56. The van der Waals surface area contributed by atoms with Gasteiger partial charge in [0.05, 0.1) is 0 Å². The van der Waals surface area contributed by atoms with Crippen LogP contribution in [0.2, 0.25) is 0 Å². The Hall–Kier alpha value is -0.440. The van der Waals surface area contributed by atoms with Crippen LogP contribution in [0, 0.1) is 0 Å². The van der Waals surface area contributed by atoms with Gasteiger partial charge in [-0.1, -0.05) is 24.3 Å². The van der Waals surface area contributed by atoms with Gasteiger partial charge in [-0.15, -0.1) is 0 Å². The second-order valence-corrected chi connectivity index (χ2v) is 2.91. The molecular weight excluding hydrogens is 146 g/mol. The van der Waals surface area contributed by atoms with Crippen LogP contribution in [0.1, 0.15) is 13.3 Å². The summed E-state index contributed by atoms with van der Waals surface area (Å²) in [6.07, 6.45) is 3.06. The minimum absolute atomic E-state index is 0.122. The molecule has 0 aromatic heterocycles. The minimum atomic E-state index is -0.122. The second-order valence-electron chi connectivity index (χ2n) is 2.53. The van der Waals surface area contributed by atoms with Gasteiger partial charge in [0.1, 0.15) is 0 Å². The number of amides is 1. The molecule has 0 aromatic rings. The molecular formula is C7H11NOS. The van der Waals surface area contributed by atoms with Crippen molar-refractivity contribution in [2.24, 2.45) is 0 Å². The van der Waals surface area contributed by atoms with Gasteiger partial charge in [-0.3, -0.25) is 4.79 Å². The van der Waals surface area contributed by atoms with E-state index in [1.54, 1.807) is 4.90 Å². The van der Waals surface area contributed by atoms with Crippen LogP contribution >= 0.6 is 12.6 Å². The number of thiol groups is 1. The highest BCUT2D eigenvalue weighted by atomic mass is 32.1. The van der Waals surface area contributed by atoms with E-state index >= 15 is 0 Å². The third-order valence-electron chi connectivity index (χ3n) is 1.71. The summed E-state index contributed by atoms with van der Waals surface area (Å²) < 4.78 is 0. The van der Waals surface area contributed by atoms with Crippen molar-refractivity contribution in [1.29, 1.82) is 0 Å². The first-order chi connectivity index (χ1) is 4.70. The van der Waals surface area contributed by atoms with E-state index in [9.17, 15) is 4.79 Å². The molecule has 0 spiro atoms. The van der Waals surface area contributed by atoms with Gasteiger partial charge >= 0.3 is 0 Å². The van der Waals surface area contributed by atoms with E-state index in [1.807, 2.05) is 0 Å². The fourth-order valence-corrected chi connectivity index (χ4v) is 1.13. The van der Waals surface area contributed by atoms with Crippen molar-refractivity contribution in [3.63, 3.8) is 0 Å². The molecule has 0 atom stereocenters. The number of carbonyl (C=O) groups is 1. The molecule has 0 fully saturated rings. The Kier molecular flexibility index (Phi) is 2.38. The summed E-state index contributed by atoms with van der Waals surface area (Å²) in [5.41, 5.74) is 1.37. The van der Waals surface area contributed by atoms with Crippen molar-refractivity contribution >= 4 is 17.9 Å². The van der Waals surface area contributed by atoms with Gasteiger partial charge in [-0.2, -0.15) is 0 Å². The lowest BCUT2D eigenvalue weighted by atomic mass is 10.1. The molecule has 0 saturated heterocycles. The van der Waals surface area contributed by atoms with Gasteiger partial charge < -0.3 is 4.90 Å². The molecule has 0 aromatic carbocycles. The Balaban J connectivity index is 2.50. The van der Waals surface area contributed by atoms with Crippen LogP contribution in [0.25, 0.3) is 0 Å². The van der Waals surface area contributed by atoms with Gasteiger partial charge in [0.2, 0.25) is 0 Å². The first-order valence-corrected chi connectivity index (χ1v) is 3.78. The highest BCUT2D eigenvalue weighted by molar-refractivity contribution is 7.96. The second kappa shape index (κ2) is 3.10. The number of rotatable bonds is 0. The van der Waals surface area contributed by atoms with Gasteiger partial charge in [0.25, 0.3) is 5.24 Å². The molecule has 1 heterocycles. The lowest BCUT2D eigenvalue weighted by molar-refractivity contribution is 0.227. The van der Waals surface area contributed by atoms with Crippen LogP contribution in [-0.4, -0.2) is 23.2 Å². The maximum absolute atomic E-state index is 10.7. The SMILES string of the molecule is CC1=CCN(C(=O)S)CC1. The molecule has 2 nitrogen and oxygen atoms in total. The fraction of sp³-hybridized carbons (Fsp3) is 0.571. The predicted octanol–water partition coefficient (Wildman–Crippen LogP) is 1.69. The third kappa shape index (κ3) is 1.77. The zero-order valence-electron chi connectivity index (χ0n) is 6.00. The predicted molar refractivity (Wildman–Crippen MR) is 44.3 cm³/mol. The zero-order valence-corrected chi connectivity index (χ0v) is 6.90. The Morgan fingerprint density at radius 2 is 2.50 bits per heavy atom. The molecule has 0 bridgehead atoms. The molecule has 0 N–H and O–H groups in total. The monoisotopic (exact) mass is 157 g/mol. The van der Waals surface area contributed by atoms with E-state index in [4.69, 9.17) is 0 Å². The van der Waals surface area contributed by atoms with Crippen LogP contribution in [0.3, 0.4) is 0 Å². The standard InChI is InChI=1S/C7H11NOS/c1-6-2-4-8(5-3-6)7(9)10/h2H,3-5H2,1H3,(H,9,10). The van der Waals surface area contributed by atoms with Crippen molar-refractivity contribution in [3.05, 3.63) is 11.6 Å². The van der Waals surface area contributed by atoms with Crippen LogP contribution in [0.4, 0.5) is 4.79 Å². The Bertz CT molecular complexity index is 176. The topological polar surface area (TPSA) is 20.3 Å². The van der Waals surface area contributed by atoms with E-state index in [2.05, 4.69) is 25.6 Å². The molecule has 3 heteroatoms. The van der Waals surface area contributed by atoms with Gasteiger partial charge in [0.15, 0.2) is 0 Å². The van der Waals surface area contributed by atoms with Gasteiger partial charge in [-0.05, 0) is 13.3 Å². The molecule has 0 aliphatic carbocycles. The molecule has 0 unspecified atom stereocenters. The maximum Gasteiger partial charge on any atom is 0.278 e. The van der Waals surface area contributed by atoms with Gasteiger partial charge in [-0.25, -0.2) is 0 Å². The van der Waals surface area contributed by atoms with E-state index in [0.717, 1.165) is 19.5 Å². The van der Waals surface area contributed by atoms with Gasteiger partial charge in [0, 0.05) is 13.1 Å². The van der Waals surface area contributed by atoms with Crippen molar-refractivity contribution in [2.75, 3.05) is 13.1 Å². The highest BCUT2D eigenvalue weighted by Gasteiger charge is 2.11. The Morgan fingerprint density at radius 1 is 1.80 bits per heavy atom. The summed E-state index contributed by atoms with van der Waals surface area (Å²) >= 11 is 3.73. The summed E-state index contributed by atoms with van der Waals surface area (Å²) in [5.74, 6) is 0. The van der Waals surface area contributed by atoms with E-state index in [1.165, 1.54) is 5.57 Å². The average Bonchev–Trinajstić information content (AvgIpc) is 1.88. The molecule has 1 rings (SSSR count). The number of carbonyl (C=O) groups excluding carboxylic acids is 1. The summed E-state index contributed by atoms with van der Waals surface area (Å²) in [5, 5.41) is -0.122. The maximum atomic E-state index is 10.7. The molecule has 10 heavy (non-hydrogen) atoms. The Labute approximate surface area is 66.3 Å².